The van der Waals surface area contributed by atoms with Crippen molar-refractivity contribution in [1.29, 1.82) is 0 Å². The maximum Gasteiger partial charge on any atom is 0.134 e. The molecule has 3 rings (SSSR count). The number of nitrogens with two attached hydrogens (primary N) is 1. The first-order valence-electron chi connectivity index (χ1n) is 7.32. The minimum Gasteiger partial charge on any atom is -0.356 e. The van der Waals surface area contributed by atoms with E-state index >= 15 is 0 Å². The van der Waals surface area contributed by atoms with Gasteiger partial charge in [0.25, 0.3) is 0 Å². The first-order chi connectivity index (χ1) is 9.26. The lowest BCUT2D eigenvalue weighted by Gasteiger charge is -2.22. The fraction of sp³-hybridized carbons (Fsp3) is 0.714. The van der Waals surface area contributed by atoms with Gasteiger partial charge < -0.3 is 15.5 Å². The minimum atomic E-state index is 0.616. The minimum absolute atomic E-state index is 0.616. The van der Waals surface area contributed by atoms with Crippen molar-refractivity contribution in [1.82, 2.24) is 9.97 Å². The maximum absolute atomic E-state index is 5.77. The quantitative estimate of drug-likeness (QED) is 0.885. The summed E-state index contributed by atoms with van der Waals surface area (Å²) in [7, 11) is 0. The summed E-state index contributed by atoms with van der Waals surface area (Å²) in [6.07, 6.45) is 3.73. The van der Waals surface area contributed by atoms with Crippen molar-refractivity contribution < 1.29 is 0 Å². The van der Waals surface area contributed by atoms with Crippen LogP contribution in [0.15, 0.2) is 6.07 Å². The van der Waals surface area contributed by atoms with E-state index in [1.165, 1.54) is 19.3 Å². The standard InChI is InChI=1S/C14H23N5/c1-11-16-13(18-5-2-3-6-18)8-14(17-11)19-7-4-12(9-15)10-19/h8,12H,2-7,9-10,15H2,1H3. The normalized spacial score (nSPS) is 23.4. The highest BCUT2D eigenvalue weighted by Crippen LogP contribution is 2.26. The van der Waals surface area contributed by atoms with Crippen molar-refractivity contribution in [2.45, 2.75) is 26.2 Å². The Morgan fingerprint density at radius 2 is 1.84 bits per heavy atom. The van der Waals surface area contributed by atoms with Gasteiger partial charge in [-0.05, 0) is 38.6 Å². The van der Waals surface area contributed by atoms with Crippen LogP contribution >= 0.6 is 0 Å². The topological polar surface area (TPSA) is 58.3 Å². The van der Waals surface area contributed by atoms with Crippen LogP contribution in [0.1, 0.15) is 25.1 Å². The third-order valence-corrected chi connectivity index (χ3v) is 4.18. The third kappa shape index (κ3) is 2.66. The Morgan fingerprint density at radius 1 is 1.16 bits per heavy atom. The lowest BCUT2D eigenvalue weighted by atomic mass is 10.1. The van der Waals surface area contributed by atoms with E-state index in [4.69, 9.17) is 5.73 Å². The average molecular weight is 261 g/mol. The van der Waals surface area contributed by atoms with Crippen LogP contribution in [-0.2, 0) is 0 Å². The molecule has 2 saturated heterocycles. The Kier molecular flexibility index (Phi) is 3.55. The lowest BCUT2D eigenvalue weighted by molar-refractivity contribution is 0.602. The molecule has 0 bridgehead atoms. The fourth-order valence-electron chi connectivity index (χ4n) is 3.04. The Bertz CT molecular complexity index is 441. The van der Waals surface area contributed by atoms with E-state index in [-0.39, 0.29) is 0 Å². The molecule has 0 aliphatic carbocycles. The zero-order valence-electron chi connectivity index (χ0n) is 11.7. The second-order valence-electron chi connectivity index (χ2n) is 5.66. The first-order valence-corrected chi connectivity index (χ1v) is 7.32. The van der Waals surface area contributed by atoms with Crippen LogP contribution in [0.2, 0.25) is 0 Å². The number of hydrogen-bond acceptors (Lipinski definition) is 5. The molecule has 0 saturated carbocycles. The largest absolute Gasteiger partial charge is 0.356 e. The number of anilines is 2. The van der Waals surface area contributed by atoms with Crippen LogP contribution in [0.3, 0.4) is 0 Å². The molecule has 1 unspecified atom stereocenters. The molecule has 5 heteroatoms. The number of hydrogen-bond donors (Lipinski definition) is 1. The SMILES string of the molecule is Cc1nc(N2CCCC2)cc(N2CCC(CN)C2)n1. The second-order valence-corrected chi connectivity index (χ2v) is 5.66. The molecular weight excluding hydrogens is 238 g/mol. The van der Waals surface area contributed by atoms with Crippen molar-refractivity contribution >= 4 is 11.6 Å². The summed E-state index contributed by atoms with van der Waals surface area (Å²) in [6, 6.07) is 2.15. The van der Waals surface area contributed by atoms with Gasteiger partial charge in [-0.15, -0.1) is 0 Å². The van der Waals surface area contributed by atoms with Gasteiger partial charge >= 0.3 is 0 Å². The molecule has 2 fully saturated rings. The van der Waals surface area contributed by atoms with Crippen LogP contribution < -0.4 is 15.5 Å². The van der Waals surface area contributed by atoms with Crippen LogP contribution in [0.4, 0.5) is 11.6 Å². The fourth-order valence-corrected chi connectivity index (χ4v) is 3.04. The van der Waals surface area contributed by atoms with Crippen molar-refractivity contribution in [3.05, 3.63) is 11.9 Å². The molecular formula is C14H23N5. The van der Waals surface area contributed by atoms with Gasteiger partial charge in [0.05, 0.1) is 0 Å². The maximum atomic E-state index is 5.77. The Balaban J connectivity index is 1.81. The van der Waals surface area contributed by atoms with E-state index in [2.05, 4.69) is 25.8 Å². The van der Waals surface area contributed by atoms with Crippen LogP contribution in [0.5, 0.6) is 0 Å². The van der Waals surface area contributed by atoms with E-state index in [0.717, 1.165) is 50.2 Å². The van der Waals surface area contributed by atoms with Gasteiger partial charge in [0.15, 0.2) is 0 Å². The molecule has 3 heterocycles. The van der Waals surface area contributed by atoms with Gasteiger partial charge in [0, 0.05) is 32.2 Å². The summed E-state index contributed by atoms with van der Waals surface area (Å²) in [4.78, 5) is 13.9. The second kappa shape index (κ2) is 5.33. The Hall–Kier alpha value is -1.36. The summed E-state index contributed by atoms with van der Waals surface area (Å²) in [6.45, 7) is 7.12. The van der Waals surface area contributed by atoms with Crippen LogP contribution in [0.25, 0.3) is 0 Å². The predicted molar refractivity (Wildman–Crippen MR) is 77.6 cm³/mol. The summed E-state index contributed by atoms with van der Waals surface area (Å²) in [5, 5.41) is 0. The highest BCUT2D eigenvalue weighted by molar-refractivity contribution is 5.52. The van der Waals surface area contributed by atoms with Gasteiger partial charge in [-0.2, -0.15) is 0 Å². The van der Waals surface area contributed by atoms with Gasteiger partial charge in [-0.1, -0.05) is 0 Å². The van der Waals surface area contributed by atoms with Gasteiger partial charge in [-0.25, -0.2) is 9.97 Å². The van der Waals surface area contributed by atoms with Crippen molar-refractivity contribution in [3.8, 4) is 0 Å². The molecule has 2 N–H and O–H groups in total. The van der Waals surface area contributed by atoms with E-state index < -0.39 is 0 Å². The van der Waals surface area contributed by atoms with E-state index in [0.29, 0.717) is 5.92 Å². The molecule has 1 aromatic rings. The van der Waals surface area contributed by atoms with Crippen LogP contribution in [0, 0.1) is 12.8 Å². The van der Waals surface area contributed by atoms with Gasteiger partial charge in [-0.3, -0.25) is 0 Å². The molecule has 1 aromatic heterocycles. The van der Waals surface area contributed by atoms with Crippen molar-refractivity contribution in [3.63, 3.8) is 0 Å². The van der Waals surface area contributed by atoms with Crippen LogP contribution in [-0.4, -0.2) is 42.7 Å². The molecule has 5 nitrogen and oxygen atoms in total. The number of aromatic nitrogens is 2. The summed E-state index contributed by atoms with van der Waals surface area (Å²) in [5.41, 5.74) is 5.77. The molecule has 0 aromatic carbocycles. The molecule has 2 aliphatic heterocycles. The molecule has 1 atom stereocenters. The molecule has 2 aliphatic rings. The number of nitrogens with zero attached hydrogens (tertiary/aromatic N) is 4. The third-order valence-electron chi connectivity index (χ3n) is 4.18. The zero-order valence-corrected chi connectivity index (χ0v) is 11.7. The summed E-state index contributed by atoms with van der Waals surface area (Å²) in [5.74, 6) is 3.66. The Morgan fingerprint density at radius 3 is 2.47 bits per heavy atom. The van der Waals surface area contributed by atoms with E-state index in [9.17, 15) is 0 Å². The highest BCUT2D eigenvalue weighted by atomic mass is 15.3. The Labute approximate surface area is 114 Å². The predicted octanol–water partition coefficient (Wildman–Crippen LogP) is 1.17. The van der Waals surface area contributed by atoms with Crippen molar-refractivity contribution in [2.75, 3.05) is 42.5 Å². The van der Waals surface area contributed by atoms with Crippen molar-refractivity contribution in [2.24, 2.45) is 11.7 Å². The average Bonchev–Trinajstić information content (AvgIpc) is 3.09. The molecule has 0 spiro atoms. The molecule has 0 amide bonds. The monoisotopic (exact) mass is 261 g/mol. The molecule has 104 valence electrons. The highest BCUT2D eigenvalue weighted by Gasteiger charge is 2.24. The first kappa shape index (κ1) is 12.7. The van der Waals surface area contributed by atoms with Gasteiger partial charge in [0.1, 0.15) is 17.5 Å². The molecule has 19 heavy (non-hydrogen) atoms. The number of rotatable bonds is 3. The van der Waals surface area contributed by atoms with Gasteiger partial charge in [0.2, 0.25) is 0 Å². The number of aryl methyl sites for hydroxylation is 1. The smallest absolute Gasteiger partial charge is 0.134 e. The summed E-state index contributed by atoms with van der Waals surface area (Å²) < 4.78 is 0. The summed E-state index contributed by atoms with van der Waals surface area (Å²) >= 11 is 0. The zero-order chi connectivity index (χ0) is 13.2. The molecule has 0 radical (unpaired) electrons. The lowest BCUT2D eigenvalue weighted by Crippen LogP contribution is -2.25. The van der Waals surface area contributed by atoms with E-state index in [1.807, 2.05) is 6.92 Å². The van der Waals surface area contributed by atoms with E-state index in [1.54, 1.807) is 0 Å².